The van der Waals surface area contributed by atoms with E-state index in [9.17, 15) is 19.1 Å². The molecule has 2 rings (SSSR count). The summed E-state index contributed by atoms with van der Waals surface area (Å²) >= 11 is 1.28. The van der Waals surface area contributed by atoms with Crippen LogP contribution in [0.4, 0.5) is 9.18 Å². The van der Waals surface area contributed by atoms with Crippen LogP contribution in [0.3, 0.4) is 0 Å². The molecule has 0 aromatic heterocycles. The predicted octanol–water partition coefficient (Wildman–Crippen LogP) is 1.93. The SMILES string of the molecule is CC(C)(C)OC(=O)N1[C@@H](c2ccc(F)cc2)SC[C@H]1C(=O)[O-]. The van der Waals surface area contributed by atoms with Crippen molar-refractivity contribution >= 4 is 23.8 Å². The average Bonchev–Trinajstić information content (AvgIpc) is 2.82. The molecule has 0 saturated carbocycles. The Labute approximate surface area is 132 Å². The number of carboxylic acid groups (broad SMARTS) is 1. The maximum Gasteiger partial charge on any atom is 0.412 e. The molecule has 7 heteroatoms. The molecule has 0 unspecified atom stereocenters. The third-order valence-corrected chi connectivity index (χ3v) is 4.36. The van der Waals surface area contributed by atoms with Crippen LogP contribution in [0.25, 0.3) is 0 Å². The minimum atomic E-state index is -1.33. The van der Waals surface area contributed by atoms with Crippen LogP contribution in [0, 0.1) is 5.82 Å². The molecule has 0 spiro atoms. The van der Waals surface area contributed by atoms with Crippen molar-refractivity contribution in [1.82, 2.24) is 4.90 Å². The summed E-state index contributed by atoms with van der Waals surface area (Å²) in [6.07, 6.45) is -0.721. The molecule has 1 saturated heterocycles. The first-order valence-electron chi connectivity index (χ1n) is 6.78. The number of rotatable bonds is 2. The summed E-state index contributed by atoms with van der Waals surface area (Å²) in [5.41, 5.74) is -0.102. The van der Waals surface area contributed by atoms with Crippen LogP contribution < -0.4 is 5.11 Å². The molecule has 120 valence electrons. The first-order chi connectivity index (χ1) is 10.2. The van der Waals surface area contributed by atoms with Crippen molar-refractivity contribution in [1.29, 1.82) is 0 Å². The fraction of sp³-hybridized carbons (Fsp3) is 0.467. The second kappa shape index (κ2) is 6.16. The van der Waals surface area contributed by atoms with Gasteiger partial charge in [0.25, 0.3) is 0 Å². The largest absolute Gasteiger partial charge is 0.548 e. The van der Waals surface area contributed by atoms with Gasteiger partial charge in [0.1, 0.15) is 16.8 Å². The summed E-state index contributed by atoms with van der Waals surface area (Å²) < 4.78 is 18.3. The third-order valence-electron chi connectivity index (χ3n) is 3.03. The molecule has 22 heavy (non-hydrogen) atoms. The summed E-state index contributed by atoms with van der Waals surface area (Å²) in [4.78, 5) is 24.8. The molecule has 0 aliphatic carbocycles. The number of benzene rings is 1. The molecule has 1 fully saturated rings. The second-order valence-electron chi connectivity index (χ2n) is 5.96. The zero-order valence-electron chi connectivity index (χ0n) is 12.5. The number of ether oxygens (including phenoxy) is 1. The molecule has 1 aromatic rings. The van der Waals surface area contributed by atoms with Crippen LogP contribution in [-0.2, 0) is 9.53 Å². The van der Waals surface area contributed by atoms with Crippen molar-refractivity contribution < 1.29 is 23.8 Å². The van der Waals surface area contributed by atoms with Crippen LogP contribution in [0.5, 0.6) is 0 Å². The Morgan fingerprint density at radius 2 is 1.91 bits per heavy atom. The molecule has 0 bridgehead atoms. The zero-order chi connectivity index (χ0) is 16.5. The fourth-order valence-corrected chi connectivity index (χ4v) is 3.51. The van der Waals surface area contributed by atoms with E-state index in [4.69, 9.17) is 4.74 Å². The van der Waals surface area contributed by atoms with Gasteiger partial charge in [-0.2, -0.15) is 0 Å². The van der Waals surface area contributed by atoms with Crippen molar-refractivity contribution in [2.24, 2.45) is 0 Å². The summed E-state index contributed by atoms with van der Waals surface area (Å²) in [6, 6.07) is 4.53. The van der Waals surface area contributed by atoms with Crippen molar-refractivity contribution in [2.45, 2.75) is 37.8 Å². The summed E-state index contributed by atoms with van der Waals surface area (Å²) in [6.45, 7) is 5.11. The standard InChI is InChI=1S/C15H18FNO4S/c1-15(2,3)21-14(20)17-11(13(18)19)8-22-12(17)9-4-6-10(16)7-5-9/h4-7,11-12H,8H2,1-3H3,(H,18,19)/p-1/t11-,12+/m0/s1. The molecule has 2 atom stereocenters. The van der Waals surface area contributed by atoms with Crippen LogP contribution in [0.2, 0.25) is 0 Å². The Hall–Kier alpha value is -1.76. The number of carbonyl (C=O) groups excluding carboxylic acids is 2. The number of hydrogen-bond acceptors (Lipinski definition) is 5. The number of nitrogens with zero attached hydrogens (tertiary/aromatic N) is 1. The van der Waals surface area contributed by atoms with Gasteiger partial charge >= 0.3 is 6.09 Å². The zero-order valence-corrected chi connectivity index (χ0v) is 13.4. The van der Waals surface area contributed by atoms with E-state index in [2.05, 4.69) is 0 Å². The van der Waals surface area contributed by atoms with E-state index in [-0.39, 0.29) is 5.75 Å². The van der Waals surface area contributed by atoms with Crippen molar-refractivity contribution in [2.75, 3.05) is 5.75 Å². The van der Waals surface area contributed by atoms with Gasteiger partial charge in [0.15, 0.2) is 0 Å². The van der Waals surface area contributed by atoms with E-state index in [0.29, 0.717) is 5.56 Å². The van der Waals surface area contributed by atoms with Gasteiger partial charge in [-0.25, -0.2) is 9.18 Å². The van der Waals surface area contributed by atoms with Gasteiger partial charge in [-0.05, 0) is 38.5 Å². The molecule has 0 radical (unpaired) electrons. The molecule has 0 N–H and O–H groups in total. The molecule has 1 aliphatic rings. The van der Waals surface area contributed by atoms with Gasteiger partial charge in [-0.1, -0.05) is 12.1 Å². The lowest BCUT2D eigenvalue weighted by Gasteiger charge is -2.32. The highest BCUT2D eigenvalue weighted by atomic mass is 32.2. The van der Waals surface area contributed by atoms with Gasteiger partial charge in [-0.3, -0.25) is 4.90 Å². The van der Waals surface area contributed by atoms with Crippen LogP contribution in [0.1, 0.15) is 31.7 Å². The lowest BCUT2D eigenvalue weighted by atomic mass is 10.1. The molecule has 1 amide bonds. The van der Waals surface area contributed by atoms with Gasteiger partial charge in [-0.15, -0.1) is 11.8 Å². The molecular weight excluding hydrogens is 309 g/mol. The normalized spacial score (nSPS) is 21.7. The highest BCUT2D eigenvalue weighted by Gasteiger charge is 2.41. The monoisotopic (exact) mass is 326 g/mol. The number of thioether (sulfide) groups is 1. The quantitative estimate of drug-likeness (QED) is 0.830. The van der Waals surface area contributed by atoms with Crippen LogP contribution >= 0.6 is 11.8 Å². The maximum absolute atomic E-state index is 13.0. The number of halogens is 1. The van der Waals surface area contributed by atoms with Gasteiger partial charge in [0.05, 0.1) is 12.0 Å². The molecular formula is C15H17FNO4S-. The number of carboxylic acids is 1. The van der Waals surface area contributed by atoms with Crippen molar-refractivity contribution in [3.63, 3.8) is 0 Å². The second-order valence-corrected chi connectivity index (χ2v) is 7.07. The van der Waals surface area contributed by atoms with E-state index in [1.807, 2.05) is 0 Å². The fourth-order valence-electron chi connectivity index (χ4n) is 2.11. The average molecular weight is 326 g/mol. The molecule has 5 nitrogen and oxygen atoms in total. The number of carbonyl (C=O) groups is 2. The van der Waals surface area contributed by atoms with Gasteiger partial charge in [0, 0.05) is 5.75 Å². The highest BCUT2D eigenvalue weighted by molar-refractivity contribution is 7.99. The van der Waals surface area contributed by atoms with E-state index in [0.717, 1.165) is 4.90 Å². The Balaban J connectivity index is 2.30. The number of hydrogen-bond donors (Lipinski definition) is 0. The first kappa shape index (κ1) is 16.6. The maximum atomic E-state index is 13.0. The highest BCUT2D eigenvalue weighted by Crippen LogP contribution is 2.42. The molecule has 1 aromatic carbocycles. The molecule has 1 aliphatic heterocycles. The van der Waals surface area contributed by atoms with Crippen LogP contribution in [0.15, 0.2) is 24.3 Å². The van der Waals surface area contributed by atoms with E-state index in [1.54, 1.807) is 20.8 Å². The van der Waals surface area contributed by atoms with E-state index < -0.39 is 34.9 Å². The van der Waals surface area contributed by atoms with Gasteiger partial charge < -0.3 is 14.6 Å². The number of amides is 1. The Bertz CT molecular complexity index is 570. The lowest BCUT2D eigenvalue weighted by molar-refractivity contribution is -0.310. The van der Waals surface area contributed by atoms with Crippen LogP contribution in [-0.4, -0.2) is 34.4 Å². The third kappa shape index (κ3) is 3.71. The lowest BCUT2D eigenvalue weighted by Crippen LogP contribution is -2.50. The summed E-state index contributed by atoms with van der Waals surface area (Å²) in [7, 11) is 0. The summed E-state index contributed by atoms with van der Waals surface area (Å²) in [5.74, 6) is -1.53. The van der Waals surface area contributed by atoms with Gasteiger partial charge in [0.2, 0.25) is 0 Å². The minimum Gasteiger partial charge on any atom is -0.548 e. The Morgan fingerprint density at radius 3 is 2.41 bits per heavy atom. The predicted molar refractivity (Wildman–Crippen MR) is 78.5 cm³/mol. The first-order valence-corrected chi connectivity index (χ1v) is 7.83. The molecule has 1 heterocycles. The Morgan fingerprint density at radius 1 is 1.32 bits per heavy atom. The summed E-state index contributed by atoms with van der Waals surface area (Å²) in [5, 5.41) is 10.7. The van der Waals surface area contributed by atoms with Crippen molar-refractivity contribution in [3.8, 4) is 0 Å². The smallest absolute Gasteiger partial charge is 0.412 e. The Kier molecular flexibility index (Phi) is 4.65. The van der Waals surface area contributed by atoms with Crippen molar-refractivity contribution in [3.05, 3.63) is 35.6 Å². The topological polar surface area (TPSA) is 69.7 Å². The minimum absolute atomic E-state index is 0.198. The van der Waals surface area contributed by atoms with E-state index >= 15 is 0 Å². The number of aliphatic carboxylic acids is 1. The van der Waals surface area contributed by atoms with E-state index in [1.165, 1.54) is 36.0 Å².